The zero-order chi connectivity index (χ0) is 14.5. The van der Waals surface area contributed by atoms with E-state index in [0.29, 0.717) is 0 Å². The number of alkyl halides is 2. The summed E-state index contributed by atoms with van der Waals surface area (Å²) in [5, 5.41) is 0. The standard InChI is InChI=1S/C14H11F2NO3/c1-19-12-6-5-9(20-14(15)16)8-10(12)13(18)11-4-2-3-7-17-11/h2-8,14H,1H3. The van der Waals surface area contributed by atoms with E-state index in [2.05, 4.69) is 9.72 Å². The van der Waals surface area contributed by atoms with Gasteiger partial charge < -0.3 is 9.47 Å². The van der Waals surface area contributed by atoms with Crippen molar-refractivity contribution in [2.24, 2.45) is 0 Å². The van der Waals surface area contributed by atoms with Crippen LogP contribution in [0.15, 0.2) is 42.6 Å². The van der Waals surface area contributed by atoms with Crippen LogP contribution in [0.25, 0.3) is 0 Å². The van der Waals surface area contributed by atoms with Gasteiger partial charge in [-0.3, -0.25) is 9.78 Å². The minimum atomic E-state index is -2.96. The first kappa shape index (κ1) is 13.9. The average molecular weight is 279 g/mol. The monoisotopic (exact) mass is 279 g/mol. The number of hydrogen-bond donors (Lipinski definition) is 0. The number of carbonyl (C=O) groups is 1. The molecule has 0 amide bonds. The Morgan fingerprint density at radius 2 is 2.05 bits per heavy atom. The normalized spacial score (nSPS) is 10.4. The van der Waals surface area contributed by atoms with Gasteiger partial charge in [-0.05, 0) is 30.3 Å². The van der Waals surface area contributed by atoms with E-state index in [1.165, 1.54) is 37.6 Å². The highest BCUT2D eigenvalue weighted by Crippen LogP contribution is 2.26. The van der Waals surface area contributed by atoms with Gasteiger partial charge in [0, 0.05) is 6.20 Å². The molecular weight excluding hydrogens is 268 g/mol. The molecule has 0 radical (unpaired) electrons. The molecule has 0 aliphatic heterocycles. The molecule has 1 aromatic carbocycles. The lowest BCUT2D eigenvalue weighted by molar-refractivity contribution is -0.0499. The number of pyridine rings is 1. The molecule has 0 fully saturated rings. The first-order valence-corrected chi connectivity index (χ1v) is 5.70. The van der Waals surface area contributed by atoms with Crippen LogP contribution < -0.4 is 9.47 Å². The van der Waals surface area contributed by atoms with Crippen molar-refractivity contribution in [2.75, 3.05) is 7.11 Å². The fourth-order valence-electron chi connectivity index (χ4n) is 1.68. The van der Waals surface area contributed by atoms with Gasteiger partial charge in [-0.15, -0.1) is 0 Å². The van der Waals surface area contributed by atoms with Crippen LogP contribution in [-0.4, -0.2) is 24.5 Å². The maximum absolute atomic E-state index is 12.3. The van der Waals surface area contributed by atoms with Crippen molar-refractivity contribution < 1.29 is 23.0 Å². The Hall–Kier alpha value is -2.50. The van der Waals surface area contributed by atoms with E-state index < -0.39 is 12.4 Å². The van der Waals surface area contributed by atoms with E-state index in [-0.39, 0.29) is 22.8 Å². The highest BCUT2D eigenvalue weighted by atomic mass is 19.3. The third-order valence-corrected chi connectivity index (χ3v) is 2.54. The maximum Gasteiger partial charge on any atom is 0.387 e. The molecule has 2 rings (SSSR count). The van der Waals surface area contributed by atoms with E-state index in [0.717, 1.165) is 0 Å². The van der Waals surface area contributed by atoms with Crippen LogP contribution in [0, 0.1) is 0 Å². The SMILES string of the molecule is COc1ccc(OC(F)F)cc1C(=O)c1ccccn1. The smallest absolute Gasteiger partial charge is 0.387 e. The number of benzene rings is 1. The molecule has 0 saturated heterocycles. The summed E-state index contributed by atoms with van der Waals surface area (Å²) in [6.07, 6.45) is 1.47. The maximum atomic E-state index is 12.3. The number of carbonyl (C=O) groups excluding carboxylic acids is 1. The van der Waals surface area contributed by atoms with E-state index in [1.807, 2.05) is 0 Å². The van der Waals surface area contributed by atoms with Crippen LogP contribution in [0.4, 0.5) is 8.78 Å². The average Bonchev–Trinajstić information content (AvgIpc) is 2.46. The Morgan fingerprint density at radius 1 is 1.25 bits per heavy atom. The van der Waals surface area contributed by atoms with Crippen molar-refractivity contribution in [1.82, 2.24) is 4.98 Å². The molecule has 0 unspecified atom stereocenters. The number of halogens is 2. The molecule has 4 nitrogen and oxygen atoms in total. The fraction of sp³-hybridized carbons (Fsp3) is 0.143. The Kier molecular flexibility index (Phi) is 4.24. The Morgan fingerprint density at radius 3 is 2.65 bits per heavy atom. The van der Waals surface area contributed by atoms with Crippen LogP contribution >= 0.6 is 0 Å². The highest BCUT2D eigenvalue weighted by Gasteiger charge is 2.17. The van der Waals surface area contributed by atoms with Gasteiger partial charge in [0.2, 0.25) is 5.78 Å². The zero-order valence-corrected chi connectivity index (χ0v) is 10.5. The lowest BCUT2D eigenvalue weighted by atomic mass is 10.1. The molecule has 0 spiro atoms. The first-order valence-electron chi connectivity index (χ1n) is 5.70. The summed E-state index contributed by atoms with van der Waals surface area (Å²) in [5.74, 6) is -0.274. The van der Waals surface area contributed by atoms with Crippen molar-refractivity contribution in [3.8, 4) is 11.5 Å². The number of hydrogen-bond acceptors (Lipinski definition) is 4. The van der Waals surface area contributed by atoms with Crippen molar-refractivity contribution in [2.45, 2.75) is 6.61 Å². The van der Waals surface area contributed by atoms with Gasteiger partial charge in [-0.1, -0.05) is 6.07 Å². The predicted octanol–water partition coefficient (Wildman–Crippen LogP) is 2.92. The number of rotatable bonds is 5. The third-order valence-electron chi connectivity index (χ3n) is 2.54. The summed E-state index contributed by atoms with van der Waals surface area (Å²) in [6.45, 7) is -2.96. The second-order valence-electron chi connectivity index (χ2n) is 3.78. The molecule has 6 heteroatoms. The molecule has 0 aliphatic carbocycles. The van der Waals surface area contributed by atoms with Crippen LogP contribution in [-0.2, 0) is 0 Å². The van der Waals surface area contributed by atoms with Crippen molar-refractivity contribution in [1.29, 1.82) is 0 Å². The quantitative estimate of drug-likeness (QED) is 0.790. The van der Waals surface area contributed by atoms with Gasteiger partial charge in [0.05, 0.1) is 12.7 Å². The largest absolute Gasteiger partial charge is 0.496 e. The number of ketones is 1. The minimum absolute atomic E-state index is 0.111. The molecular formula is C14H11F2NO3. The molecule has 0 atom stereocenters. The van der Waals surface area contributed by atoms with Gasteiger partial charge in [0.25, 0.3) is 0 Å². The molecule has 0 N–H and O–H groups in total. The van der Waals surface area contributed by atoms with Crippen molar-refractivity contribution in [3.05, 3.63) is 53.9 Å². The van der Waals surface area contributed by atoms with E-state index in [4.69, 9.17) is 4.74 Å². The van der Waals surface area contributed by atoms with Crippen LogP contribution in [0.1, 0.15) is 16.1 Å². The van der Waals surface area contributed by atoms with E-state index in [1.54, 1.807) is 12.1 Å². The summed E-state index contributed by atoms with van der Waals surface area (Å²) in [6, 6.07) is 8.77. The topological polar surface area (TPSA) is 48.4 Å². The number of ether oxygens (including phenoxy) is 2. The number of methoxy groups -OCH3 is 1. The van der Waals surface area contributed by atoms with E-state index in [9.17, 15) is 13.6 Å². The summed E-state index contributed by atoms with van der Waals surface area (Å²) >= 11 is 0. The second-order valence-corrected chi connectivity index (χ2v) is 3.78. The van der Waals surface area contributed by atoms with Crippen LogP contribution in [0.5, 0.6) is 11.5 Å². The molecule has 104 valence electrons. The fourth-order valence-corrected chi connectivity index (χ4v) is 1.68. The molecule has 1 aromatic heterocycles. The van der Waals surface area contributed by atoms with Crippen molar-refractivity contribution >= 4 is 5.78 Å². The Balaban J connectivity index is 2.40. The lowest BCUT2D eigenvalue weighted by Crippen LogP contribution is -2.08. The van der Waals surface area contributed by atoms with Crippen LogP contribution in [0.2, 0.25) is 0 Å². The van der Waals surface area contributed by atoms with Crippen molar-refractivity contribution in [3.63, 3.8) is 0 Å². The number of aromatic nitrogens is 1. The predicted molar refractivity (Wildman–Crippen MR) is 67.3 cm³/mol. The van der Waals surface area contributed by atoms with Crippen LogP contribution in [0.3, 0.4) is 0 Å². The summed E-state index contributed by atoms with van der Waals surface area (Å²) in [4.78, 5) is 16.2. The molecule has 0 bridgehead atoms. The van der Waals surface area contributed by atoms with Gasteiger partial charge in [0.15, 0.2) is 0 Å². The van der Waals surface area contributed by atoms with E-state index >= 15 is 0 Å². The second kappa shape index (κ2) is 6.10. The van der Waals surface area contributed by atoms with Gasteiger partial charge in [-0.25, -0.2) is 0 Å². The first-order chi connectivity index (χ1) is 9.61. The van der Waals surface area contributed by atoms with Gasteiger partial charge in [0.1, 0.15) is 17.2 Å². The minimum Gasteiger partial charge on any atom is -0.496 e. The lowest BCUT2D eigenvalue weighted by Gasteiger charge is -2.10. The summed E-state index contributed by atoms with van der Waals surface area (Å²) in [5.41, 5.74) is 0.310. The Labute approximate surface area is 114 Å². The molecule has 20 heavy (non-hydrogen) atoms. The molecule has 0 saturated carbocycles. The highest BCUT2D eigenvalue weighted by molar-refractivity contribution is 6.09. The third kappa shape index (κ3) is 3.09. The molecule has 0 aliphatic rings. The summed E-state index contributed by atoms with van der Waals surface area (Å²) < 4.78 is 33.8. The molecule has 1 heterocycles. The molecule has 2 aromatic rings. The zero-order valence-electron chi connectivity index (χ0n) is 10.5. The number of nitrogens with zero attached hydrogens (tertiary/aromatic N) is 1. The van der Waals surface area contributed by atoms with Gasteiger partial charge >= 0.3 is 6.61 Å². The summed E-state index contributed by atoms with van der Waals surface area (Å²) in [7, 11) is 1.39. The van der Waals surface area contributed by atoms with Gasteiger partial charge in [-0.2, -0.15) is 8.78 Å². The Bertz CT molecular complexity index is 603.